The molecule has 7 heteroatoms. The Hall–Kier alpha value is -1.89. The lowest BCUT2D eigenvalue weighted by molar-refractivity contribution is 0.00177. The number of ether oxygens (including phenoxy) is 1. The van der Waals surface area contributed by atoms with Gasteiger partial charge in [-0.05, 0) is 50.9 Å². The molecule has 1 amide bonds. The number of carbonyl (C=O) groups is 1. The van der Waals surface area contributed by atoms with E-state index >= 15 is 0 Å². The first-order valence-electron chi connectivity index (χ1n) is 8.81. The number of nitrogens with zero attached hydrogens (tertiary/aromatic N) is 2. The molecule has 1 aromatic rings. The zero-order chi connectivity index (χ0) is 16.7. The topological polar surface area (TPSA) is 102 Å². The van der Waals surface area contributed by atoms with E-state index in [0.717, 1.165) is 31.6 Å². The highest BCUT2D eigenvalue weighted by Gasteiger charge is 2.57. The Morgan fingerprint density at radius 2 is 2.00 bits per heavy atom. The first-order valence-corrected chi connectivity index (χ1v) is 8.81. The average molecular weight is 331 g/mol. The SMILES string of the molecule is COC1CCC(Nc2ncc(C(N)=O)c(NC34CC(C3)C4)n2)CC1. The molecule has 1 heterocycles. The lowest BCUT2D eigenvalue weighted by Gasteiger charge is -2.62. The molecule has 130 valence electrons. The van der Waals surface area contributed by atoms with Crippen LogP contribution in [0.15, 0.2) is 6.20 Å². The number of nitrogens with one attached hydrogen (secondary N) is 2. The zero-order valence-corrected chi connectivity index (χ0v) is 14.0. The van der Waals surface area contributed by atoms with Crippen LogP contribution in [0.25, 0.3) is 0 Å². The summed E-state index contributed by atoms with van der Waals surface area (Å²) in [6, 6.07) is 0.346. The van der Waals surface area contributed by atoms with Gasteiger partial charge in [-0.1, -0.05) is 0 Å². The van der Waals surface area contributed by atoms with Crippen LogP contribution in [0.3, 0.4) is 0 Å². The minimum absolute atomic E-state index is 0.136. The predicted molar refractivity (Wildman–Crippen MR) is 90.9 cm³/mol. The van der Waals surface area contributed by atoms with Crippen molar-refractivity contribution in [2.75, 3.05) is 17.7 Å². The van der Waals surface area contributed by atoms with E-state index in [-0.39, 0.29) is 5.54 Å². The number of hydrogen-bond donors (Lipinski definition) is 3. The molecule has 0 aliphatic heterocycles. The van der Waals surface area contributed by atoms with Gasteiger partial charge in [0.1, 0.15) is 5.82 Å². The monoisotopic (exact) mass is 331 g/mol. The Morgan fingerprint density at radius 3 is 2.54 bits per heavy atom. The molecular formula is C17H25N5O2. The van der Waals surface area contributed by atoms with Crippen molar-refractivity contribution in [3.05, 3.63) is 11.8 Å². The van der Waals surface area contributed by atoms with Crippen LogP contribution in [0.4, 0.5) is 11.8 Å². The number of carbonyl (C=O) groups excluding carboxylic acids is 1. The fourth-order valence-electron chi connectivity index (χ4n) is 4.24. The molecule has 0 spiro atoms. The van der Waals surface area contributed by atoms with Crippen LogP contribution in [0.2, 0.25) is 0 Å². The van der Waals surface area contributed by atoms with Crippen molar-refractivity contribution in [1.82, 2.24) is 9.97 Å². The van der Waals surface area contributed by atoms with Gasteiger partial charge in [0, 0.05) is 24.9 Å². The van der Waals surface area contributed by atoms with Crippen LogP contribution in [0.1, 0.15) is 55.3 Å². The standard InChI is InChI=1S/C17H25N5O2/c1-24-12-4-2-11(3-5-12)20-16-19-9-13(14(18)23)15(21-16)22-17-6-10(7-17)8-17/h9-12H,2-8H2,1H3,(H2,18,23)(H2,19,20,21,22). The molecule has 5 rings (SSSR count). The van der Waals surface area contributed by atoms with Crippen LogP contribution in [-0.4, -0.2) is 40.7 Å². The molecule has 4 N–H and O–H groups in total. The molecule has 0 radical (unpaired) electrons. The van der Waals surface area contributed by atoms with Crippen LogP contribution in [0, 0.1) is 5.92 Å². The molecule has 24 heavy (non-hydrogen) atoms. The van der Waals surface area contributed by atoms with Crippen molar-refractivity contribution in [2.24, 2.45) is 11.7 Å². The van der Waals surface area contributed by atoms with E-state index in [9.17, 15) is 4.79 Å². The van der Waals surface area contributed by atoms with E-state index in [1.165, 1.54) is 25.5 Å². The van der Waals surface area contributed by atoms with Gasteiger partial charge < -0.3 is 21.1 Å². The molecule has 4 saturated carbocycles. The molecule has 2 bridgehead atoms. The maximum absolute atomic E-state index is 11.7. The lowest BCUT2D eigenvalue weighted by atomic mass is 9.50. The normalized spacial score (nSPS) is 34.0. The van der Waals surface area contributed by atoms with E-state index in [1.807, 2.05) is 0 Å². The molecule has 0 atom stereocenters. The number of aromatic nitrogens is 2. The van der Waals surface area contributed by atoms with E-state index in [0.29, 0.717) is 29.5 Å². The fourth-order valence-corrected chi connectivity index (χ4v) is 4.24. The van der Waals surface area contributed by atoms with Gasteiger partial charge >= 0.3 is 0 Å². The van der Waals surface area contributed by atoms with Crippen molar-refractivity contribution in [2.45, 2.75) is 62.6 Å². The highest BCUT2D eigenvalue weighted by molar-refractivity contribution is 5.97. The van der Waals surface area contributed by atoms with Gasteiger partial charge in [-0.3, -0.25) is 4.79 Å². The second-order valence-corrected chi connectivity index (χ2v) is 7.56. The number of nitrogens with two attached hydrogens (primary N) is 1. The Bertz CT molecular complexity index is 625. The fraction of sp³-hybridized carbons (Fsp3) is 0.706. The predicted octanol–water partition coefficient (Wildman–Crippen LogP) is 1.91. The van der Waals surface area contributed by atoms with Gasteiger partial charge in [-0.15, -0.1) is 0 Å². The van der Waals surface area contributed by atoms with Crippen LogP contribution in [-0.2, 0) is 4.74 Å². The number of rotatable bonds is 6. The smallest absolute Gasteiger partial charge is 0.254 e. The molecule has 0 aromatic carbocycles. The van der Waals surface area contributed by atoms with Crippen molar-refractivity contribution >= 4 is 17.7 Å². The van der Waals surface area contributed by atoms with E-state index in [4.69, 9.17) is 10.5 Å². The van der Waals surface area contributed by atoms with Gasteiger partial charge in [-0.25, -0.2) is 4.98 Å². The van der Waals surface area contributed by atoms with Gasteiger partial charge in [0.25, 0.3) is 5.91 Å². The Balaban J connectivity index is 1.46. The summed E-state index contributed by atoms with van der Waals surface area (Å²) in [4.78, 5) is 20.5. The first-order chi connectivity index (χ1) is 11.6. The largest absolute Gasteiger partial charge is 0.381 e. The summed E-state index contributed by atoms with van der Waals surface area (Å²) in [5, 5.41) is 6.85. The number of amides is 1. The van der Waals surface area contributed by atoms with Crippen molar-refractivity contribution in [3.8, 4) is 0 Å². The molecule has 4 aliphatic rings. The van der Waals surface area contributed by atoms with Crippen LogP contribution in [0.5, 0.6) is 0 Å². The summed E-state index contributed by atoms with van der Waals surface area (Å²) in [5.74, 6) is 1.50. The molecule has 7 nitrogen and oxygen atoms in total. The summed E-state index contributed by atoms with van der Waals surface area (Å²) >= 11 is 0. The maximum Gasteiger partial charge on any atom is 0.254 e. The van der Waals surface area contributed by atoms with Crippen molar-refractivity contribution in [3.63, 3.8) is 0 Å². The molecule has 0 saturated heterocycles. The number of hydrogen-bond acceptors (Lipinski definition) is 6. The van der Waals surface area contributed by atoms with Crippen molar-refractivity contribution < 1.29 is 9.53 Å². The Kier molecular flexibility index (Phi) is 3.83. The zero-order valence-electron chi connectivity index (χ0n) is 14.0. The second-order valence-electron chi connectivity index (χ2n) is 7.56. The third-order valence-corrected chi connectivity index (χ3v) is 5.82. The molecule has 4 fully saturated rings. The van der Waals surface area contributed by atoms with Crippen LogP contribution >= 0.6 is 0 Å². The Labute approximate surface area is 141 Å². The lowest BCUT2D eigenvalue weighted by Crippen LogP contribution is -2.63. The molecule has 0 unspecified atom stereocenters. The molecular weight excluding hydrogens is 306 g/mol. The minimum Gasteiger partial charge on any atom is -0.381 e. The third kappa shape index (κ3) is 2.81. The average Bonchev–Trinajstić information content (AvgIpc) is 2.50. The molecule has 4 aliphatic carbocycles. The summed E-state index contributed by atoms with van der Waals surface area (Å²) in [6.45, 7) is 0. The minimum atomic E-state index is -0.490. The summed E-state index contributed by atoms with van der Waals surface area (Å²) in [6.07, 6.45) is 9.56. The van der Waals surface area contributed by atoms with Gasteiger partial charge in [0.2, 0.25) is 5.95 Å². The number of anilines is 2. The number of methoxy groups -OCH3 is 1. The highest BCUT2D eigenvalue weighted by Crippen LogP contribution is 2.58. The molecule has 1 aromatic heterocycles. The quantitative estimate of drug-likeness (QED) is 0.736. The van der Waals surface area contributed by atoms with E-state index in [1.54, 1.807) is 7.11 Å². The summed E-state index contributed by atoms with van der Waals surface area (Å²) < 4.78 is 5.41. The number of primary amides is 1. The second kappa shape index (κ2) is 5.88. The summed E-state index contributed by atoms with van der Waals surface area (Å²) in [7, 11) is 1.77. The first kappa shape index (κ1) is 15.6. The Morgan fingerprint density at radius 1 is 1.29 bits per heavy atom. The van der Waals surface area contributed by atoms with E-state index in [2.05, 4.69) is 20.6 Å². The highest BCUT2D eigenvalue weighted by atomic mass is 16.5. The van der Waals surface area contributed by atoms with Gasteiger partial charge in [0.15, 0.2) is 0 Å². The van der Waals surface area contributed by atoms with Gasteiger partial charge in [0.05, 0.1) is 11.7 Å². The maximum atomic E-state index is 11.7. The van der Waals surface area contributed by atoms with Crippen molar-refractivity contribution in [1.29, 1.82) is 0 Å². The van der Waals surface area contributed by atoms with Gasteiger partial charge in [-0.2, -0.15) is 4.98 Å². The third-order valence-electron chi connectivity index (χ3n) is 5.82. The van der Waals surface area contributed by atoms with E-state index < -0.39 is 5.91 Å². The summed E-state index contributed by atoms with van der Waals surface area (Å²) in [5.41, 5.74) is 5.98. The van der Waals surface area contributed by atoms with Crippen LogP contribution < -0.4 is 16.4 Å².